The quantitative estimate of drug-likeness (QED) is 0.281. The topological polar surface area (TPSA) is 26.8 Å². The Bertz CT molecular complexity index is 1310. The largest absolute Gasteiger partial charge is 0.420 e. The summed E-state index contributed by atoms with van der Waals surface area (Å²) in [6.07, 6.45) is 4.32. The Balaban J connectivity index is 2.04. The highest BCUT2D eigenvalue weighted by molar-refractivity contribution is 5.57. The third-order valence-corrected chi connectivity index (χ3v) is 6.85. The lowest BCUT2D eigenvalue weighted by molar-refractivity contribution is -0.754. The smallest absolute Gasteiger partial charge is 0.365 e. The summed E-state index contributed by atoms with van der Waals surface area (Å²) in [6.45, 7) is 15.6. The molecule has 0 spiro atoms. The summed E-state index contributed by atoms with van der Waals surface area (Å²) in [4.78, 5) is 0. The molecule has 0 unspecified atom stereocenters. The average molecular weight is 473 g/mol. The van der Waals surface area contributed by atoms with Gasteiger partial charge in [0, 0.05) is 17.2 Å². The molecule has 0 atom stereocenters. The summed E-state index contributed by atoms with van der Waals surface area (Å²) in [5.41, 5.74) is 6.17. The number of aryl methyl sites for hydroxylation is 1. The molecule has 0 amide bonds. The van der Waals surface area contributed by atoms with Crippen molar-refractivity contribution in [1.29, 1.82) is 0 Å². The Kier molecular flexibility index (Phi) is 6.88. The van der Waals surface area contributed by atoms with E-state index in [1.165, 1.54) is 16.8 Å². The number of imidazole rings is 1. The number of aromatic nitrogens is 4. The van der Waals surface area contributed by atoms with E-state index in [1.54, 1.807) is 0 Å². The molecule has 2 aromatic carbocycles. The molecular formula is C30H40N4O+2. The van der Waals surface area contributed by atoms with Crippen LogP contribution in [0.15, 0.2) is 60.9 Å². The van der Waals surface area contributed by atoms with Gasteiger partial charge in [0.15, 0.2) is 13.2 Å². The lowest BCUT2D eigenvalue weighted by Crippen LogP contribution is -2.44. The molecule has 0 N–H and O–H groups in total. The molecule has 4 aromatic rings. The summed E-state index contributed by atoms with van der Waals surface area (Å²) >= 11 is 0. The van der Waals surface area contributed by atoms with E-state index in [9.17, 15) is 0 Å². The Morgan fingerprint density at radius 3 is 1.97 bits per heavy atom. The van der Waals surface area contributed by atoms with E-state index in [0.717, 1.165) is 28.7 Å². The summed E-state index contributed by atoms with van der Waals surface area (Å²) in [6, 6.07) is 17.5. The van der Waals surface area contributed by atoms with E-state index in [0.29, 0.717) is 17.9 Å². The zero-order chi connectivity index (χ0) is 25.4. The Labute approximate surface area is 210 Å². The van der Waals surface area contributed by atoms with Gasteiger partial charge < -0.3 is 4.74 Å². The Hall–Kier alpha value is -3.34. The number of para-hydroxylation sites is 2. The minimum Gasteiger partial charge on any atom is -0.420 e. The number of nitrogens with zero attached hydrogens (tertiary/aromatic N) is 4. The molecule has 35 heavy (non-hydrogen) atoms. The fraction of sp³-hybridized carbons (Fsp3) is 0.400. The molecule has 0 aliphatic carbocycles. The lowest BCUT2D eigenvalue weighted by Gasteiger charge is -2.17. The van der Waals surface area contributed by atoms with Gasteiger partial charge in [0.1, 0.15) is 11.4 Å². The zero-order valence-corrected chi connectivity index (χ0v) is 22.7. The number of rotatable bonds is 7. The molecule has 0 aliphatic rings. The van der Waals surface area contributed by atoms with Crippen LogP contribution in [0.2, 0.25) is 0 Å². The van der Waals surface area contributed by atoms with Crippen LogP contribution in [-0.2, 0) is 14.1 Å². The molecule has 0 saturated heterocycles. The fourth-order valence-electron chi connectivity index (χ4n) is 4.88. The molecule has 5 nitrogen and oxygen atoms in total. The average Bonchev–Trinajstić information content (AvgIpc) is 3.34. The van der Waals surface area contributed by atoms with Gasteiger partial charge in [-0.25, -0.2) is 0 Å². The number of hydrogen-bond donors (Lipinski definition) is 0. The van der Waals surface area contributed by atoms with Crippen molar-refractivity contribution in [3.05, 3.63) is 77.6 Å². The predicted octanol–water partition coefficient (Wildman–Crippen LogP) is 6.52. The van der Waals surface area contributed by atoms with Crippen molar-refractivity contribution in [2.24, 2.45) is 14.1 Å². The molecule has 184 valence electrons. The van der Waals surface area contributed by atoms with Gasteiger partial charge in [-0.05, 0) is 44.2 Å². The van der Waals surface area contributed by atoms with Crippen LogP contribution in [0.3, 0.4) is 0 Å². The van der Waals surface area contributed by atoms with Crippen molar-refractivity contribution in [1.82, 2.24) is 9.25 Å². The molecule has 0 bridgehead atoms. The maximum absolute atomic E-state index is 6.53. The summed E-state index contributed by atoms with van der Waals surface area (Å²) in [5.74, 6) is 3.54. The van der Waals surface area contributed by atoms with Gasteiger partial charge in [-0.2, -0.15) is 13.8 Å². The van der Waals surface area contributed by atoms with Crippen molar-refractivity contribution in [2.75, 3.05) is 0 Å². The first-order valence-electron chi connectivity index (χ1n) is 12.7. The first kappa shape index (κ1) is 24.8. The summed E-state index contributed by atoms with van der Waals surface area (Å²) < 4.78 is 15.5. The number of benzene rings is 2. The summed E-state index contributed by atoms with van der Waals surface area (Å²) in [5, 5.41) is 0. The van der Waals surface area contributed by atoms with Crippen LogP contribution in [0.5, 0.6) is 11.6 Å². The maximum Gasteiger partial charge on any atom is 0.365 e. The monoisotopic (exact) mass is 472 g/mol. The van der Waals surface area contributed by atoms with Crippen LogP contribution in [0.4, 0.5) is 0 Å². The second-order valence-corrected chi connectivity index (χ2v) is 10.4. The van der Waals surface area contributed by atoms with Gasteiger partial charge in [0.25, 0.3) is 0 Å². The first-order valence-corrected chi connectivity index (χ1v) is 12.7. The number of ether oxygens (including phenoxy) is 1. The lowest BCUT2D eigenvalue weighted by atomic mass is 9.92. The van der Waals surface area contributed by atoms with E-state index in [2.05, 4.69) is 124 Å². The maximum atomic E-state index is 6.53. The molecule has 4 rings (SSSR count). The van der Waals surface area contributed by atoms with Crippen molar-refractivity contribution >= 4 is 0 Å². The minimum absolute atomic E-state index is 0.360. The fourth-order valence-corrected chi connectivity index (χ4v) is 4.88. The molecule has 0 fully saturated rings. The van der Waals surface area contributed by atoms with E-state index < -0.39 is 0 Å². The zero-order valence-electron chi connectivity index (χ0n) is 22.7. The van der Waals surface area contributed by atoms with Crippen LogP contribution >= 0.6 is 0 Å². The Morgan fingerprint density at radius 1 is 0.800 bits per heavy atom. The van der Waals surface area contributed by atoms with E-state index in [-0.39, 0.29) is 0 Å². The molecular weight excluding hydrogens is 432 g/mol. The van der Waals surface area contributed by atoms with Crippen LogP contribution in [0, 0.1) is 6.92 Å². The molecule has 0 aliphatic heterocycles. The highest BCUT2D eigenvalue weighted by Crippen LogP contribution is 2.35. The second kappa shape index (κ2) is 9.73. The molecule has 2 aromatic heterocycles. The van der Waals surface area contributed by atoms with Crippen LogP contribution < -0.4 is 14.0 Å². The van der Waals surface area contributed by atoms with Crippen molar-refractivity contribution < 1.29 is 14.0 Å². The highest BCUT2D eigenvalue weighted by atomic mass is 16.5. The normalized spacial score (nSPS) is 11.8. The van der Waals surface area contributed by atoms with Crippen molar-refractivity contribution in [2.45, 2.75) is 66.3 Å². The third kappa shape index (κ3) is 4.52. The SMILES string of the molecule is Cc1ccccc1Oc1cn(-c2c(C(C)C)cccc2C(C)C)c(-c2ccn(C(C)C)[n+]2C)[n+]1C. The first-order chi connectivity index (χ1) is 16.6. The molecule has 0 saturated carbocycles. The van der Waals surface area contributed by atoms with Crippen molar-refractivity contribution in [3.8, 4) is 28.8 Å². The van der Waals surface area contributed by atoms with Crippen LogP contribution in [0.25, 0.3) is 17.2 Å². The summed E-state index contributed by atoms with van der Waals surface area (Å²) in [7, 11) is 4.23. The van der Waals surface area contributed by atoms with Gasteiger partial charge in [0.05, 0.1) is 19.3 Å². The number of hydrogen-bond acceptors (Lipinski definition) is 1. The highest BCUT2D eigenvalue weighted by Gasteiger charge is 2.36. The molecule has 0 radical (unpaired) electrons. The van der Waals surface area contributed by atoms with Gasteiger partial charge in [-0.1, -0.05) is 64.1 Å². The van der Waals surface area contributed by atoms with Gasteiger partial charge in [0.2, 0.25) is 0 Å². The van der Waals surface area contributed by atoms with Gasteiger partial charge in [-0.3, -0.25) is 0 Å². The molecule has 5 heteroatoms. The van der Waals surface area contributed by atoms with E-state index in [1.807, 2.05) is 18.2 Å². The van der Waals surface area contributed by atoms with Crippen LogP contribution in [-0.4, -0.2) is 9.25 Å². The van der Waals surface area contributed by atoms with Crippen molar-refractivity contribution in [3.63, 3.8) is 0 Å². The van der Waals surface area contributed by atoms with Gasteiger partial charge >= 0.3 is 17.4 Å². The van der Waals surface area contributed by atoms with Crippen LogP contribution in [0.1, 0.15) is 76.1 Å². The molecule has 2 heterocycles. The van der Waals surface area contributed by atoms with Gasteiger partial charge in [-0.15, -0.1) is 4.68 Å². The van der Waals surface area contributed by atoms with E-state index >= 15 is 0 Å². The second-order valence-electron chi connectivity index (χ2n) is 10.4. The standard InChI is InChI=1S/C30H40N4O/c1-20(2)24-14-12-15-25(21(3)4)29(24)33-19-28(35-27-16-11-10-13-23(27)7)31(8)30(33)26-17-18-34(22(5)6)32(26)9/h10-22H,1-9H3/q+2. The van der Waals surface area contributed by atoms with E-state index in [4.69, 9.17) is 4.74 Å². The Morgan fingerprint density at radius 2 is 1.43 bits per heavy atom. The minimum atomic E-state index is 0.360. The third-order valence-electron chi connectivity index (χ3n) is 6.85. The predicted molar refractivity (Wildman–Crippen MR) is 141 cm³/mol.